The number of hydrogen-bond donors (Lipinski definition) is 2. The molecule has 0 radical (unpaired) electrons. The molecule has 23 heavy (non-hydrogen) atoms. The van der Waals surface area contributed by atoms with E-state index in [1.807, 2.05) is 0 Å². The molecule has 1 fully saturated rings. The van der Waals surface area contributed by atoms with Gasteiger partial charge in [-0.2, -0.15) is 4.98 Å². The van der Waals surface area contributed by atoms with E-state index < -0.39 is 5.69 Å². The Labute approximate surface area is 137 Å². The number of carbonyl (C=O) groups is 1. The molecule has 7 heteroatoms. The van der Waals surface area contributed by atoms with E-state index in [4.69, 9.17) is 16.3 Å². The maximum absolute atomic E-state index is 12.2. The van der Waals surface area contributed by atoms with Gasteiger partial charge >= 0.3 is 5.69 Å². The van der Waals surface area contributed by atoms with Crippen molar-refractivity contribution in [2.24, 2.45) is 0 Å². The van der Waals surface area contributed by atoms with Crippen molar-refractivity contribution in [3.63, 3.8) is 0 Å². The monoisotopic (exact) mass is 333 g/mol. The lowest BCUT2D eigenvalue weighted by Gasteiger charge is -2.11. The molecule has 1 aromatic carbocycles. The third kappa shape index (κ3) is 3.97. The molecule has 1 aliphatic rings. The van der Waals surface area contributed by atoms with E-state index in [2.05, 4.69) is 15.3 Å². The molecule has 6 nitrogen and oxygen atoms in total. The molecule has 1 aromatic heterocycles. The van der Waals surface area contributed by atoms with Crippen LogP contribution >= 0.6 is 11.6 Å². The zero-order chi connectivity index (χ0) is 16.2. The van der Waals surface area contributed by atoms with Crippen molar-refractivity contribution in [2.75, 3.05) is 13.2 Å². The first-order valence-corrected chi connectivity index (χ1v) is 7.77. The molecule has 1 unspecified atom stereocenters. The second kappa shape index (κ2) is 6.93. The Hall–Kier alpha value is -2.18. The molecule has 2 heterocycles. The van der Waals surface area contributed by atoms with Gasteiger partial charge in [-0.25, -0.2) is 4.79 Å². The topological polar surface area (TPSA) is 84.1 Å². The van der Waals surface area contributed by atoms with Gasteiger partial charge in [-0.3, -0.25) is 4.79 Å². The highest BCUT2D eigenvalue weighted by Crippen LogP contribution is 2.19. The molecule has 1 amide bonds. The molecule has 120 valence electrons. The van der Waals surface area contributed by atoms with Crippen LogP contribution in [-0.2, 0) is 4.74 Å². The van der Waals surface area contributed by atoms with Gasteiger partial charge < -0.3 is 15.0 Å². The second-order valence-corrected chi connectivity index (χ2v) is 5.77. The summed E-state index contributed by atoms with van der Waals surface area (Å²) in [6.45, 7) is 1.16. The molecule has 1 saturated heterocycles. The van der Waals surface area contributed by atoms with Gasteiger partial charge in [0.15, 0.2) is 0 Å². The van der Waals surface area contributed by atoms with Gasteiger partial charge in [0.1, 0.15) is 5.69 Å². The predicted molar refractivity (Wildman–Crippen MR) is 86.6 cm³/mol. The summed E-state index contributed by atoms with van der Waals surface area (Å²) in [6.07, 6.45) is 1.99. The standard InChI is InChI=1S/C16H16ClN3O3/c17-11-5-3-10(4-6-11)13-8-14(20-16(22)19-13)15(21)18-9-12-2-1-7-23-12/h3-6,8,12H,1-2,7,9H2,(H,18,21)(H,19,20,22). The van der Waals surface area contributed by atoms with Crippen LogP contribution in [0.25, 0.3) is 11.3 Å². The highest BCUT2D eigenvalue weighted by atomic mass is 35.5. The average Bonchev–Trinajstić information content (AvgIpc) is 3.06. The number of nitrogens with one attached hydrogen (secondary N) is 2. The van der Waals surface area contributed by atoms with E-state index in [9.17, 15) is 9.59 Å². The minimum absolute atomic E-state index is 0.0447. The summed E-state index contributed by atoms with van der Waals surface area (Å²) in [5.74, 6) is -0.352. The number of hydrogen-bond acceptors (Lipinski definition) is 4. The summed E-state index contributed by atoms with van der Waals surface area (Å²) in [7, 11) is 0. The Morgan fingerprint density at radius 2 is 2.17 bits per heavy atom. The molecule has 0 spiro atoms. The van der Waals surface area contributed by atoms with Crippen molar-refractivity contribution in [1.82, 2.24) is 15.3 Å². The molecule has 0 aliphatic carbocycles. The van der Waals surface area contributed by atoms with Gasteiger partial charge in [-0.15, -0.1) is 0 Å². The van der Waals surface area contributed by atoms with Crippen molar-refractivity contribution in [3.05, 3.63) is 51.5 Å². The zero-order valence-electron chi connectivity index (χ0n) is 12.3. The smallest absolute Gasteiger partial charge is 0.346 e. The number of ether oxygens (including phenoxy) is 1. The van der Waals surface area contributed by atoms with Crippen LogP contribution in [0.2, 0.25) is 5.02 Å². The molecular formula is C16H16ClN3O3. The van der Waals surface area contributed by atoms with Crippen LogP contribution in [0.1, 0.15) is 23.3 Å². The SMILES string of the molecule is O=C(NCC1CCCO1)c1cc(-c2ccc(Cl)cc2)nc(=O)[nH]1. The number of carbonyl (C=O) groups excluding carboxylic acids is 1. The van der Waals surface area contributed by atoms with Crippen LogP contribution in [0.3, 0.4) is 0 Å². The zero-order valence-corrected chi connectivity index (χ0v) is 13.1. The highest BCUT2D eigenvalue weighted by molar-refractivity contribution is 6.30. The van der Waals surface area contributed by atoms with Crippen molar-refractivity contribution in [3.8, 4) is 11.3 Å². The van der Waals surface area contributed by atoms with Crippen LogP contribution in [0.4, 0.5) is 0 Å². The van der Waals surface area contributed by atoms with E-state index in [0.717, 1.165) is 19.4 Å². The van der Waals surface area contributed by atoms with Crippen LogP contribution in [0.5, 0.6) is 0 Å². The quantitative estimate of drug-likeness (QED) is 0.896. The highest BCUT2D eigenvalue weighted by Gasteiger charge is 2.17. The Kier molecular flexibility index (Phi) is 4.73. The van der Waals surface area contributed by atoms with Gasteiger partial charge in [-0.1, -0.05) is 23.7 Å². The maximum atomic E-state index is 12.2. The second-order valence-electron chi connectivity index (χ2n) is 5.34. The fourth-order valence-corrected chi connectivity index (χ4v) is 2.58. The lowest BCUT2D eigenvalue weighted by Crippen LogP contribution is -2.33. The Morgan fingerprint density at radius 1 is 1.39 bits per heavy atom. The number of aromatic nitrogens is 2. The number of nitrogens with zero attached hydrogens (tertiary/aromatic N) is 1. The molecule has 1 atom stereocenters. The fraction of sp³-hybridized carbons (Fsp3) is 0.312. The molecule has 3 rings (SSSR count). The van der Waals surface area contributed by atoms with E-state index in [-0.39, 0.29) is 17.7 Å². The lowest BCUT2D eigenvalue weighted by molar-refractivity contribution is 0.0853. The first-order valence-electron chi connectivity index (χ1n) is 7.39. The maximum Gasteiger partial charge on any atom is 0.346 e. The Bertz CT molecular complexity index is 752. The van der Waals surface area contributed by atoms with Gasteiger partial charge in [0.25, 0.3) is 5.91 Å². The number of amides is 1. The first-order chi connectivity index (χ1) is 11.1. The van der Waals surface area contributed by atoms with Gasteiger partial charge in [0.2, 0.25) is 0 Å². The molecule has 2 aromatic rings. The van der Waals surface area contributed by atoms with Crippen molar-refractivity contribution >= 4 is 17.5 Å². The summed E-state index contributed by atoms with van der Waals surface area (Å²) in [5.41, 5.74) is 0.744. The first kappa shape index (κ1) is 15.7. The number of halogens is 1. The van der Waals surface area contributed by atoms with Gasteiger partial charge in [0.05, 0.1) is 11.8 Å². The predicted octanol–water partition coefficient (Wildman–Crippen LogP) is 2.00. The van der Waals surface area contributed by atoms with Gasteiger partial charge in [0, 0.05) is 23.7 Å². The minimum Gasteiger partial charge on any atom is -0.376 e. The van der Waals surface area contributed by atoms with Crippen LogP contribution < -0.4 is 11.0 Å². The summed E-state index contributed by atoms with van der Waals surface area (Å²) in [6, 6.07) is 8.46. The summed E-state index contributed by atoms with van der Waals surface area (Å²) in [4.78, 5) is 30.3. The summed E-state index contributed by atoms with van der Waals surface area (Å²) < 4.78 is 5.46. The third-order valence-corrected chi connectivity index (χ3v) is 3.90. The molecule has 0 bridgehead atoms. The molecule has 2 N–H and O–H groups in total. The largest absolute Gasteiger partial charge is 0.376 e. The van der Waals surface area contributed by atoms with Crippen LogP contribution in [0, 0.1) is 0 Å². The van der Waals surface area contributed by atoms with Crippen molar-refractivity contribution in [1.29, 1.82) is 0 Å². The van der Waals surface area contributed by atoms with Crippen molar-refractivity contribution in [2.45, 2.75) is 18.9 Å². The summed E-state index contributed by atoms with van der Waals surface area (Å²) in [5, 5.41) is 3.36. The normalized spacial score (nSPS) is 17.2. The van der Waals surface area contributed by atoms with E-state index in [0.29, 0.717) is 22.8 Å². The van der Waals surface area contributed by atoms with E-state index >= 15 is 0 Å². The average molecular weight is 334 g/mol. The Balaban J connectivity index is 1.78. The minimum atomic E-state index is -0.570. The number of benzene rings is 1. The fourth-order valence-electron chi connectivity index (χ4n) is 2.46. The van der Waals surface area contributed by atoms with E-state index in [1.54, 1.807) is 30.3 Å². The van der Waals surface area contributed by atoms with Crippen LogP contribution in [0.15, 0.2) is 35.1 Å². The molecule has 0 saturated carbocycles. The van der Waals surface area contributed by atoms with Crippen molar-refractivity contribution < 1.29 is 9.53 Å². The van der Waals surface area contributed by atoms with E-state index in [1.165, 1.54) is 0 Å². The summed E-state index contributed by atoms with van der Waals surface area (Å²) >= 11 is 5.85. The molecule has 1 aliphatic heterocycles. The van der Waals surface area contributed by atoms with Gasteiger partial charge in [-0.05, 0) is 31.0 Å². The lowest BCUT2D eigenvalue weighted by atomic mass is 10.1. The molecular weight excluding hydrogens is 318 g/mol. The van der Waals surface area contributed by atoms with Crippen LogP contribution in [-0.4, -0.2) is 35.1 Å². The third-order valence-electron chi connectivity index (χ3n) is 3.64. The number of H-pyrrole nitrogens is 1. The number of rotatable bonds is 4. The number of aromatic amines is 1. The Morgan fingerprint density at radius 3 is 2.87 bits per heavy atom.